The molecule has 1 unspecified atom stereocenters. The zero-order valence-electron chi connectivity index (χ0n) is 11.2. The summed E-state index contributed by atoms with van der Waals surface area (Å²) < 4.78 is 5.05. The minimum absolute atomic E-state index is 0.0995. The average molecular weight is 258 g/mol. The molecule has 1 aliphatic heterocycles. The van der Waals surface area contributed by atoms with Gasteiger partial charge in [-0.15, -0.1) is 0 Å². The number of likely N-dealkylation sites (tertiary alicyclic amines) is 1. The van der Waals surface area contributed by atoms with Crippen LogP contribution in [-0.4, -0.2) is 54.4 Å². The van der Waals surface area contributed by atoms with E-state index in [1.807, 2.05) is 13.8 Å². The molecule has 1 aliphatic rings. The van der Waals surface area contributed by atoms with Crippen LogP contribution in [-0.2, 0) is 9.53 Å². The number of methoxy groups -OCH3 is 1. The first-order chi connectivity index (χ1) is 8.47. The predicted octanol–water partition coefficient (Wildman–Crippen LogP) is 0.916. The van der Waals surface area contributed by atoms with Crippen molar-refractivity contribution in [3.63, 3.8) is 0 Å². The third-order valence-corrected chi connectivity index (χ3v) is 3.26. The van der Waals surface area contributed by atoms with Crippen LogP contribution >= 0.6 is 0 Å². The number of rotatable bonds is 5. The van der Waals surface area contributed by atoms with Crippen LogP contribution in [0.4, 0.5) is 4.79 Å². The summed E-state index contributed by atoms with van der Waals surface area (Å²) >= 11 is 0. The molecule has 0 aromatic heterocycles. The Morgan fingerprint density at radius 2 is 2.17 bits per heavy atom. The van der Waals surface area contributed by atoms with Crippen molar-refractivity contribution in [3.8, 4) is 0 Å². The molecule has 0 aromatic carbocycles. The fraction of sp³-hybridized carbons (Fsp3) is 0.833. The molecule has 104 valence electrons. The van der Waals surface area contributed by atoms with E-state index in [1.165, 1.54) is 4.90 Å². The van der Waals surface area contributed by atoms with Gasteiger partial charge in [0.2, 0.25) is 0 Å². The fourth-order valence-electron chi connectivity index (χ4n) is 2.09. The normalized spacial score (nSPS) is 21.1. The van der Waals surface area contributed by atoms with Crippen molar-refractivity contribution in [2.75, 3.05) is 20.3 Å². The molecule has 1 fully saturated rings. The summed E-state index contributed by atoms with van der Waals surface area (Å²) in [7, 11) is 1.58. The Labute approximate surface area is 107 Å². The van der Waals surface area contributed by atoms with Crippen molar-refractivity contribution in [3.05, 3.63) is 0 Å². The Hall–Kier alpha value is -1.30. The van der Waals surface area contributed by atoms with Gasteiger partial charge in [0, 0.05) is 13.7 Å². The summed E-state index contributed by atoms with van der Waals surface area (Å²) in [5, 5.41) is 11.9. The number of carbonyl (C=O) groups is 2. The Morgan fingerprint density at radius 1 is 1.50 bits per heavy atom. The van der Waals surface area contributed by atoms with Gasteiger partial charge < -0.3 is 20.1 Å². The topological polar surface area (TPSA) is 78.9 Å². The van der Waals surface area contributed by atoms with Gasteiger partial charge in [0.15, 0.2) is 0 Å². The summed E-state index contributed by atoms with van der Waals surface area (Å²) in [6.07, 6.45) is 1.26. The molecule has 6 nitrogen and oxygen atoms in total. The van der Waals surface area contributed by atoms with Crippen LogP contribution in [0.2, 0.25) is 0 Å². The standard InChI is InChI=1S/C12H22N2O4/c1-8(2)9(7-18-3)13-12(17)14-6-4-5-10(14)11(15)16/h8-10H,4-7H2,1-3H3,(H,13,17)(H,15,16)/t9?,10-/m1/s1. The van der Waals surface area contributed by atoms with Gasteiger partial charge >= 0.3 is 12.0 Å². The van der Waals surface area contributed by atoms with E-state index in [2.05, 4.69) is 5.32 Å². The first kappa shape index (κ1) is 14.8. The molecule has 0 bridgehead atoms. The van der Waals surface area contributed by atoms with Crippen LogP contribution in [0.3, 0.4) is 0 Å². The van der Waals surface area contributed by atoms with Gasteiger partial charge in [0.05, 0.1) is 12.6 Å². The molecule has 0 radical (unpaired) electrons. The molecule has 1 saturated heterocycles. The average Bonchev–Trinajstić information content (AvgIpc) is 2.77. The summed E-state index contributed by atoms with van der Waals surface area (Å²) in [6, 6.07) is -1.10. The quantitative estimate of drug-likeness (QED) is 0.768. The molecule has 1 rings (SSSR count). The SMILES string of the molecule is COCC(NC(=O)N1CCC[C@@H]1C(=O)O)C(C)C. The zero-order chi connectivity index (χ0) is 13.7. The van der Waals surface area contributed by atoms with Gasteiger partial charge in [0.1, 0.15) is 6.04 Å². The lowest BCUT2D eigenvalue weighted by molar-refractivity contribution is -0.141. The number of urea groups is 1. The second-order valence-electron chi connectivity index (χ2n) is 4.95. The van der Waals surface area contributed by atoms with E-state index in [1.54, 1.807) is 7.11 Å². The van der Waals surface area contributed by atoms with Gasteiger partial charge in [-0.2, -0.15) is 0 Å². The van der Waals surface area contributed by atoms with Crippen LogP contribution in [0.1, 0.15) is 26.7 Å². The van der Waals surface area contributed by atoms with Crippen LogP contribution in [0, 0.1) is 5.92 Å². The minimum Gasteiger partial charge on any atom is -0.480 e. The monoisotopic (exact) mass is 258 g/mol. The zero-order valence-corrected chi connectivity index (χ0v) is 11.2. The molecule has 0 saturated carbocycles. The molecule has 2 amide bonds. The van der Waals surface area contributed by atoms with Gasteiger partial charge in [0.25, 0.3) is 0 Å². The fourth-order valence-corrected chi connectivity index (χ4v) is 2.09. The first-order valence-corrected chi connectivity index (χ1v) is 6.26. The predicted molar refractivity (Wildman–Crippen MR) is 66.4 cm³/mol. The highest BCUT2D eigenvalue weighted by Crippen LogP contribution is 2.17. The van der Waals surface area contributed by atoms with E-state index in [9.17, 15) is 9.59 Å². The van der Waals surface area contributed by atoms with Crippen LogP contribution in [0.5, 0.6) is 0 Å². The molecule has 2 atom stereocenters. The van der Waals surface area contributed by atoms with Crippen LogP contribution < -0.4 is 5.32 Å². The second-order valence-corrected chi connectivity index (χ2v) is 4.95. The largest absolute Gasteiger partial charge is 0.480 e. The second kappa shape index (κ2) is 6.58. The molecule has 0 aromatic rings. The maximum atomic E-state index is 12.0. The Kier molecular flexibility index (Phi) is 5.40. The van der Waals surface area contributed by atoms with E-state index in [4.69, 9.17) is 9.84 Å². The Balaban J connectivity index is 2.60. The molecule has 18 heavy (non-hydrogen) atoms. The lowest BCUT2D eigenvalue weighted by Gasteiger charge is -2.27. The summed E-state index contributed by atoms with van der Waals surface area (Å²) in [5.41, 5.74) is 0. The summed E-state index contributed by atoms with van der Waals surface area (Å²) in [6.45, 7) is 4.90. The lowest BCUT2D eigenvalue weighted by atomic mass is 10.1. The van der Waals surface area contributed by atoms with Gasteiger partial charge in [-0.1, -0.05) is 13.8 Å². The third kappa shape index (κ3) is 3.60. The smallest absolute Gasteiger partial charge is 0.326 e. The van der Waals surface area contributed by atoms with E-state index in [0.29, 0.717) is 19.6 Å². The van der Waals surface area contributed by atoms with Crippen LogP contribution in [0.15, 0.2) is 0 Å². The third-order valence-electron chi connectivity index (χ3n) is 3.26. The summed E-state index contributed by atoms with van der Waals surface area (Å²) in [5.74, 6) is -0.699. The number of nitrogens with zero attached hydrogens (tertiary/aromatic N) is 1. The lowest BCUT2D eigenvalue weighted by Crippen LogP contribution is -2.51. The number of carboxylic acid groups (broad SMARTS) is 1. The molecular weight excluding hydrogens is 236 g/mol. The van der Waals surface area contributed by atoms with Crippen molar-refractivity contribution < 1.29 is 19.4 Å². The van der Waals surface area contributed by atoms with E-state index >= 15 is 0 Å². The van der Waals surface area contributed by atoms with Crippen molar-refractivity contribution in [1.29, 1.82) is 0 Å². The maximum absolute atomic E-state index is 12.0. The van der Waals surface area contributed by atoms with Crippen molar-refractivity contribution >= 4 is 12.0 Å². The Morgan fingerprint density at radius 3 is 2.67 bits per heavy atom. The molecule has 0 aliphatic carbocycles. The Bertz CT molecular complexity index is 306. The number of ether oxygens (including phenoxy) is 1. The van der Waals surface area contributed by atoms with Gasteiger partial charge in [-0.25, -0.2) is 9.59 Å². The molecule has 2 N–H and O–H groups in total. The number of carbonyl (C=O) groups excluding carboxylic acids is 1. The van der Waals surface area contributed by atoms with Crippen LogP contribution in [0.25, 0.3) is 0 Å². The van der Waals surface area contributed by atoms with Crippen molar-refractivity contribution in [2.45, 2.75) is 38.8 Å². The van der Waals surface area contributed by atoms with Crippen molar-refractivity contribution in [2.24, 2.45) is 5.92 Å². The van der Waals surface area contributed by atoms with E-state index < -0.39 is 12.0 Å². The highest BCUT2D eigenvalue weighted by molar-refractivity contribution is 5.83. The van der Waals surface area contributed by atoms with Crippen molar-refractivity contribution in [1.82, 2.24) is 10.2 Å². The van der Waals surface area contributed by atoms with E-state index in [0.717, 1.165) is 6.42 Å². The molecular formula is C12H22N2O4. The molecule has 6 heteroatoms. The molecule has 0 spiro atoms. The van der Waals surface area contributed by atoms with E-state index in [-0.39, 0.29) is 18.0 Å². The van der Waals surface area contributed by atoms with Gasteiger partial charge in [-0.05, 0) is 18.8 Å². The number of hydrogen-bond acceptors (Lipinski definition) is 3. The number of carboxylic acids is 1. The number of nitrogens with one attached hydrogen (secondary N) is 1. The summed E-state index contributed by atoms with van der Waals surface area (Å²) in [4.78, 5) is 24.5. The number of hydrogen-bond donors (Lipinski definition) is 2. The number of aliphatic carboxylic acids is 1. The maximum Gasteiger partial charge on any atom is 0.326 e. The highest BCUT2D eigenvalue weighted by atomic mass is 16.5. The molecule has 1 heterocycles. The highest BCUT2D eigenvalue weighted by Gasteiger charge is 2.34. The van der Waals surface area contributed by atoms with Gasteiger partial charge in [-0.3, -0.25) is 0 Å². The minimum atomic E-state index is -0.935. The number of amides is 2. The first-order valence-electron chi connectivity index (χ1n) is 6.26.